The second kappa shape index (κ2) is 4.62. The molecular weight excluding hydrogens is 219 g/mol. The average Bonchev–Trinajstić information content (AvgIpc) is 2.35. The van der Waals surface area contributed by atoms with Crippen LogP contribution < -0.4 is 4.74 Å². The third-order valence-electron chi connectivity index (χ3n) is 2.28. The summed E-state index contributed by atoms with van der Waals surface area (Å²) in [6, 6.07) is 8.33. The predicted octanol–water partition coefficient (Wildman–Crippen LogP) is 3.19. The van der Waals surface area contributed by atoms with E-state index < -0.39 is 5.82 Å². The van der Waals surface area contributed by atoms with Crippen molar-refractivity contribution in [1.29, 1.82) is 5.26 Å². The van der Waals surface area contributed by atoms with Crippen LogP contribution in [0.5, 0.6) is 11.5 Å². The Morgan fingerprint density at radius 1 is 1.29 bits per heavy atom. The molecule has 3 nitrogen and oxygen atoms in total. The molecule has 84 valence electrons. The van der Waals surface area contributed by atoms with Crippen molar-refractivity contribution >= 4 is 0 Å². The van der Waals surface area contributed by atoms with Gasteiger partial charge in [0.25, 0.3) is 0 Å². The van der Waals surface area contributed by atoms with Gasteiger partial charge in [0.2, 0.25) is 0 Å². The van der Waals surface area contributed by atoms with Crippen LogP contribution in [0, 0.1) is 24.1 Å². The molecule has 0 aliphatic rings. The maximum absolute atomic E-state index is 13.7. The van der Waals surface area contributed by atoms with Gasteiger partial charge in [-0.25, -0.2) is 4.39 Å². The quantitative estimate of drug-likeness (QED) is 0.792. The number of ether oxygens (including phenoxy) is 1. The Morgan fingerprint density at radius 2 is 2.12 bits per heavy atom. The molecule has 2 aromatic rings. The molecule has 0 bridgehead atoms. The van der Waals surface area contributed by atoms with Crippen LogP contribution >= 0.6 is 0 Å². The Balaban J connectivity index is 2.39. The van der Waals surface area contributed by atoms with Crippen molar-refractivity contribution in [2.75, 3.05) is 0 Å². The van der Waals surface area contributed by atoms with E-state index in [-0.39, 0.29) is 11.5 Å². The van der Waals surface area contributed by atoms with Crippen LogP contribution in [0.25, 0.3) is 0 Å². The van der Waals surface area contributed by atoms with Crippen molar-refractivity contribution in [3.8, 4) is 17.6 Å². The number of hydrogen-bond donors (Lipinski definition) is 0. The van der Waals surface area contributed by atoms with Gasteiger partial charge in [-0.2, -0.15) is 5.26 Å². The molecule has 1 aromatic heterocycles. The summed E-state index contributed by atoms with van der Waals surface area (Å²) in [4.78, 5) is 3.84. The van der Waals surface area contributed by atoms with Gasteiger partial charge in [0.1, 0.15) is 6.07 Å². The fourth-order valence-electron chi connectivity index (χ4n) is 1.37. The summed E-state index contributed by atoms with van der Waals surface area (Å²) >= 11 is 0. The molecule has 0 fully saturated rings. The summed E-state index contributed by atoms with van der Waals surface area (Å²) in [5.74, 6) is -0.0887. The molecule has 0 amide bonds. The fourth-order valence-corrected chi connectivity index (χ4v) is 1.37. The van der Waals surface area contributed by atoms with E-state index >= 15 is 0 Å². The lowest BCUT2D eigenvalue weighted by molar-refractivity contribution is 0.437. The number of benzene rings is 1. The van der Waals surface area contributed by atoms with Crippen molar-refractivity contribution in [2.24, 2.45) is 0 Å². The molecule has 1 aromatic carbocycles. The molecule has 1 heterocycles. The molecule has 0 radical (unpaired) electrons. The molecule has 17 heavy (non-hydrogen) atoms. The first-order chi connectivity index (χ1) is 8.22. The van der Waals surface area contributed by atoms with Crippen molar-refractivity contribution in [2.45, 2.75) is 6.92 Å². The zero-order valence-corrected chi connectivity index (χ0v) is 9.14. The molecule has 4 heteroatoms. The summed E-state index contributed by atoms with van der Waals surface area (Å²) < 4.78 is 19.0. The van der Waals surface area contributed by atoms with E-state index in [2.05, 4.69) is 4.98 Å². The summed E-state index contributed by atoms with van der Waals surface area (Å²) in [6.45, 7) is 1.65. The van der Waals surface area contributed by atoms with Gasteiger partial charge in [0.05, 0.1) is 11.8 Å². The summed E-state index contributed by atoms with van der Waals surface area (Å²) in [7, 11) is 0. The van der Waals surface area contributed by atoms with Crippen LogP contribution in [0.3, 0.4) is 0 Å². The van der Waals surface area contributed by atoms with Crippen LogP contribution in [-0.4, -0.2) is 4.98 Å². The first-order valence-electron chi connectivity index (χ1n) is 4.99. The Kier molecular flexibility index (Phi) is 3.01. The second-order valence-electron chi connectivity index (χ2n) is 3.47. The number of nitrogens with zero attached hydrogens (tertiary/aromatic N) is 2. The molecule has 0 aliphatic heterocycles. The normalized spacial score (nSPS) is 9.71. The van der Waals surface area contributed by atoms with Crippen LogP contribution in [-0.2, 0) is 0 Å². The Hall–Kier alpha value is -2.41. The minimum Gasteiger partial charge on any atom is -0.451 e. The SMILES string of the molecule is Cc1cccc(Oc2cnccc2C#N)c1F. The van der Waals surface area contributed by atoms with Crippen LogP contribution in [0.15, 0.2) is 36.7 Å². The minimum absolute atomic E-state index is 0.0921. The highest BCUT2D eigenvalue weighted by Crippen LogP contribution is 2.27. The monoisotopic (exact) mass is 228 g/mol. The maximum atomic E-state index is 13.7. The molecule has 0 spiro atoms. The van der Waals surface area contributed by atoms with E-state index in [1.807, 2.05) is 6.07 Å². The highest BCUT2D eigenvalue weighted by atomic mass is 19.1. The van der Waals surface area contributed by atoms with Crippen LogP contribution in [0.4, 0.5) is 4.39 Å². The lowest BCUT2D eigenvalue weighted by Crippen LogP contribution is -1.93. The van der Waals surface area contributed by atoms with Gasteiger partial charge in [-0.15, -0.1) is 0 Å². The van der Waals surface area contributed by atoms with E-state index in [9.17, 15) is 4.39 Å². The van der Waals surface area contributed by atoms with Gasteiger partial charge in [-0.1, -0.05) is 12.1 Å². The number of hydrogen-bond acceptors (Lipinski definition) is 3. The number of halogens is 1. The van der Waals surface area contributed by atoms with E-state index in [0.29, 0.717) is 11.1 Å². The molecule has 0 saturated carbocycles. The highest BCUT2D eigenvalue weighted by Gasteiger charge is 2.09. The zero-order valence-electron chi connectivity index (χ0n) is 9.14. The molecule has 0 saturated heterocycles. The number of nitriles is 1. The molecular formula is C13H9FN2O. The molecule has 0 N–H and O–H groups in total. The molecule has 2 rings (SSSR count). The smallest absolute Gasteiger partial charge is 0.168 e. The minimum atomic E-state index is -0.430. The Labute approximate surface area is 98.1 Å². The first kappa shape index (κ1) is 11.1. The predicted molar refractivity (Wildman–Crippen MR) is 60.2 cm³/mol. The average molecular weight is 228 g/mol. The van der Waals surface area contributed by atoms with Gasteiger partial charge < -0.3 is 4.74 Å². The maximum Gasteiger partial charge on any atom is 0.168 e. The number of aromatic nitrogens is 1. The second-order valence-corrected chi connectivity index (χ2v) is 3.47. The summed E-state index contributed by atoms with van der Waals surface area (Å²) in [6.07, 6.45) is 2.87. The number of pyridine rings is 1. The highest BCUT2D eigenvalue weighted by molar-refractivity contribution is 5.43. The lowest BCUT2D eigenvalue weighted by atomic mass is 10.2. The Bertz CT molecular complexity index is 590. The number of rotatable bonds is 2. The van der Waals surface area contributed by atoms with Gasteiger partial charge in [0.15, 0.2) is 17.3 Å². The topological polar surface area (TPSA) is 45.9 Å². The van der Waals surface area contributed by atoms with E-state index in [0.717, 1.165) is 0 Å². The van der Waals surface area contributed by atoms with Crippen molar-refractivity contribution in [1.82, 2.24) is 4.98 Å². The van der Waals surface area contributed by atoms with Gasteiger partial charge in [0, 0.05) is 6.20 Å². The zero-order chi connectivity index (χ0) is 12.3. The third kappa shape index (κ3) is 2.23. The first-order valence-corrected chi connectivity index (χ1v) is 4.99. The van der Waals surface area contributed by atoms with Crippen molar-refractivity contribution in [3.63, 3.8) is 0 Å². The van der Waals surface area contributed by atoms with Gasteiger partial charge in [-0.3, -0.25) is 4.98 Å². The van der Waals surface area contributed by atoms with Gasteiger partial charge >= 0.3 is 0 Å². The van der Waals surface area contributed by atoms with Crippen LogP contribution in [0.2, 0.25) is 0 Å². The van der Waals surface area contributed by atoms with E-state index in [1.54, 1.807) is 19.1 Å². The largest absolute Gasteiger partial charge is 0.451 e. The third-order valence-corrected chi connectivity index (χ3v) is 2.28. The summed E-state index contributed by atoms with van der Waals surface area (Å²) in [5, 5.41) is 8.87. The van der Waals surface area contributed by atoms with Crippen LogP contribution in [0.1, 0.15) is 11.1 Å². The van der Waals surface area contributed by atoms with Crippen molar-refractivity contribution in [3.05, 3.63) is 53.6 Å². The standard InChI is InChI=1S/C13H9FN2O/c1-9-3-2-4-11(13(9)14)17-12-8-16-6-5-10(12)7-15/h2-6,8H,1H3. The fraction of sp³-hybridized carbons (Fsp3) is 0.0769. The molecule has 0 aliphatic carbocycles. The van der Waals surface area contributed by atoms with E-state index in [4.69, 9.17) is 10.00 Å². The Morgan fingerprint density at radius 3 is 2.88 bits per heavy atom. The summed E-state index contributed by atoms with van der Waals surface area (Å²) in [5.41, 5.74) is 0.811. The lowest BCUT2D eigenvalue weighted by Gasteiger charge is -2.08. The molecule has 0 unspecified atom stereocenters. The molecule has 0 atom stereocenters. The van der Waals surface area contributed by atoms with Gasteiger partial charge in [-0.05, 0) is 24.6 Å². The van der Waals surface area contributed by atoms with E-state index in [1.165, 1.54) is 24.5 Å². The number of aryl methyl sites for hydroxylation is 1. The van der Waals surface area contributed by atoms with Crippen molar-refractivity contribution < 1.29 is 9.13 Å².